The highest BCUT2D eigenvalue weighted by molar-refractivity contribution is 7.92. The normalized spacial score (nSPS) is 12.0. The molecule has 35 heavy (non-hydrogen) atoms. The summed E-state index contributed by atoms with van der Waals surface area (Å²) < 4.78 is 41.6. The molecular weight excluding hydrogens is 469 g/mol. The Morgan fingerprint density at radius 1 is 0.943 bits per heavy atom. The Labute approximate surface area is 205 Å². The molecule has 0 saturated heterocycles. The fourth-order valence-corrected chi connectivity index (χ4v) is 4.97. The Bertz CT molecular complexity index is 1260. The topological polar surface area (TPSA) is 86.8 Å². The highest BCUT2D eigenvalue weighted by Gasteiger charge is 2.32. The van der Waals surface area contributed by atoms with E-state index in [-0.39, 0.29) is 11.4 Å². The number of hydrogen-bond donors (Lipinski definition) is 1. The third kappa shape index (κ3) is 6.24. The number of nitrogens with zero attached hydrogens (tertiary/aromatic N) is 2. The van der Waals surface area contributed by atoms with Gasteiger partial charge < -0.3 is 10.2 Å². The quantitative estimate of drug-likeness (QED) is 0.490. The van der Waals surface area contributed by atoms with E-state index in [2.05, 4.69) is 5.32 Å². The zero-order chi connectivity index (χ0) is 25.6. The van der Waals surface area contributed by atoms with E-state index in [4.69, 9.17) is 0 Å². The van der Waals surface area contributed by atoms with Crippen LogP contribution in [0.15, 0.2) is 83.8 Å². The van der Waals surface area contributed by atoms with Gasteiger partial charge in [-0.05, 0) is 55.8 Å². The van der Waals surface area contributed by atoms with E-state index in [9.17, 15) is 22.4 Å². The number of halogens is 1. The molecule has 0 fully saturated rings. The third-order valence-electron chi connectivity index (χ3n) is 5.61. The summed E-state index contributed by atoms with van der Waals surface area (Å²) >= 11 is 0. The number of carbonyl (C=O) groups excluding carboxylic acids is 2. The number of anilines is 1. The minimum absolute atomic E-state index is 0.000816. The SMILES string of the molecule is CNC(=O)[C@H](C)N(Cc1ccc(F)cc1)C(=O)CN(c1ccc(C)cc1)S(=O)(=O)c1ccccc1. The molecular formula is C26H28FN3O4S. The molecule has 3 aromatic rings. The van der Waals surface area contributed by atoms with E-state index in [1.54, 1.807) is 49.4 Å². The van der Waals surface area contributed by atoms with Crippen molar-refractivity contribution in [3.8, 4) is 0 Å². The summed E-state index contributed by atoms with van der Waals surface area (Å²) in [7, 11) is -2.63. The van der Waals surface area contributed by atoms with Crippen LogP contribution in [0.5, 0.6) is 0 Å². The fourth-order valence-electron chi connectivity index (χ4n) is 3.54. The Hall–Kier alpha value is -3.72. The van der Waals surface area contributed by atoms with E-state index in [0.717, 1.165) is 9.87 Å². The second-order valence-electron chi connectivity index (χ2n) is 8.10. The van der Waals surface area contributed by atoms with Crippen LogP contribution in [-0.4, -0.2) is 44.8 Å². The number of amides is 2. The fraction of sp³-hybridized carbons (Fsp3) is 0.231. The first-order valence-electron chi connectivity index (χ1n) is 11.0. The maximum atomic E-state index is 13.6. The number of aryl methyl sites for hydroxylation is 1. The number of carbonyl (C=O) groups is 2. The van der Waals surface area contributed by atoms with Crippen LogP contribution in [0.3, 0.4) is 0 Å². The molecule has 0 radical (unpaired) electrons. The molecule has 0 bridgehead atoms. The van der Waals surface area contributed by atoms with Gasteiger partial charge in [-0.25, -0.2) is 12.8 Å². The predicted octanol–water partition coefficient (Wildman–Crippen LogP) is 3.49. The minimum atomic E-state index is -4.09. The summed E-state index contributed by atoms with van der Waals surface area (Å²) in [6, 6.07) is 19.3. The maximum Gasteiger partial charge on any atom is 0.264 e. The first kappa shape index (κ1) is 25.9. The highest BCUT2D eigenvalue weighted by Crippen LogP contribution is 2.25. The maximum absolute atomic E-state index is 13.6. The zero-order valence-corrected chi connectivity index (χ0v) is 20.6. The number of rotatable bonds is 9. The number of nitrogens with one attached hydrogen (secondary N) is 1. The number of hydrogen-bond acceptors (Lipinski definition) is 4. The lowest BCUT2D eigenvalue weighted by Gasteiger charge is -2.31. The highest BCUT2D eigenvalue weighted by atomic mass is 32.2. The summed E-state index contributed by atoms with van der Waals surface area (Å²) in [5, 5.41) is 2.52. The summed E-state index contributed by atoms with van der Waals surface area (Å²) in [6.45, 7) is 2.91. The van der Waals surface area contributed by atoms with Gasteiger partial charge in [0.15, 0.2) is 0 Å². The van der Waals surface area contributed by atoms with Crippen molar-refractivity contribution in [3.63, 3.8) is 0 Å². The van der Waals surface area contributed by atoms with Gasteiger partial charge in [0.1, 0.15) is 18.4 Å². The van der Waals surface area contributed by atoms with E-state index < -0.39 is 40.2 Å². The molecule has 0 aliphatic rings. The molecule has 3 rings (SSSR count). The van der Waals surface area contributed by atoms with Gasteiger partial charge in [0.05, 0.1) is 10.6 Å². The lowest BCUT2D eigenvalue weighted by Crippen LogP contribution is -2.50. The lowest BCUT2D eigenvalue weighted by molar-refractivity contribution is -0.139. The molecule has 3 aromatic carbocycles. The third-order valence-corrected chi connectivity index (χ3v) is 7.40. The van der Waals surface area contributed by atoms with Crippen molar-refractivity contribution in [2.24, 2.45) is 0 Å². The standard InChI is InChI=1S/C26H28FN3O4S/c1-19-9-15-23(16-10-19)30(35(33,34)24-7-5-4-6-8-24)18-25(31)29(20(2)26(32)28-3)17-21-11-13-22(27)14-12-21/h4-16,20H,17-18H2,1-3H3,(H,28,32)/t20-/m0/s1. The van der Waals surface area contributed by atoms with E-state index in [1.165, 1.54) is 48.3 Å². The molecule has 9 heteroatoms. The van der Waals surface area contributed by atoms with Crippen LogP contribution in [0.25, 0.3) is 0 Å². The Morgan fingerprint density at radius 3 is 2.11 bits per heavy atom. The van der Waals surface area contributed by atoms with E-state index >= 15 is 0 Å². The largest absolute Gasteiger partial charge is 0.357 e. The average Bonchev–Trinajstić information content (AvgIpc) is 2.87. The number of sulfonamides is 1. The van der Waals surface area contributed by atoms with Gasteiger partial charge in [0.2, 0.25) is 11.8 Å². The van der Waals surface area contributed by atoms with Crippen LogP contribution in [0, 0.1) is 12.7 Å². The van der Waals surface area contributed by atoms with Crippen LogP contribution < -0.4 is 9.62 Å². The van der Waals surface area contributed by atoms with Crippen molar-refractivity contribution in [3.05, 3.63) is 95.8 Å². The summed E-state index contributed by atoms with van der Waals surface area (Å²) in [5.41, 5.74) is 1.86. The molecule has 1 N–H and O–H groups in total. The number of benzene rings is 3. The van der Waals surface area contributed by atoms with Crippen molar-refractivity contribution < 1.29 is 22.4 Å². The van der Waals surface area contributed by atoms with Crippen LogP contribution in [0.4, 0.5) is 10.1 Å². The summed E-state index contributed by atoms with van der Waals surface area (Å²) in [6.07, 6.45) is 0. The van der Waals surface area contributed by atoms with Gasteiger partial charge in [-0.15, -0.1) is 0 Å². The summed E-state index contributed by atoms with van der Waals surface area (Å²) in [4.78, 5) is 27.3. The van der Waals surface area contributed by atoms with Crippen LogP contribution in [0.2, 0.25) is 0 Å². The predicted molar refractivity (Wildman–Crippen MR) is 133 cm³/mol. The van der Waals surface area contributed by atoms with Gasteiger partial charge in [-0.1, -0.05) is 48.0 Å². The van der Waals surface area contributed by atoms with Crippen molar-refractivity contribution >= 4 is 27.5 Å². The summed E-state index contributed by atoms with van der Waals surface area (Å²) in [5.74, 6) is -1.41. The monoisotopic (exact) mass is 497 g/mol. The van der Waals surface area contributed by atoms with Gasteiger partial charge >= 0.3 is 0 Å². The molecule has 0 spiro atoms. The molecule has 0 aliphatic carbocycles. The van der Waals surface area contributed by atoms with Crippen molar-refractivity contribution in [2.45, 2.75) is 31.3 Å². The Kier molecular flexibility index (Phi) is 8.24. The average molecular weight is 498 g/mol. The second-order valence-corrected chi connectivity index (χ2v) is 9.96. The van der Waals surface area contributed by atoms with Gasteiger partial charge in [0, 0.05) is 13.6 Å². The van der Waals surface area contributed by atoms with E-state index in [1.807, 2.05) is 6.92 Å². The minimum Gasteiger partial charge on any atom is -0.357 e. The van der Waals surface area contributed by atoms with Gasteiger partial charge in [0.25, 0.3) is 10.0 Å². The van der Waals surface area contributed by atoms with Crippen molar-refractivity contribution in [1.29, 1.82) is 0 Å². The molecule has 0 aliphatic heterocycles. The van der Waals surface area contributed by atoms with Crippen LogP contribution in [-0.2, 0) is 26.2 Å². The first-order chi connectivity index (χ1) is 16.6. The Morgan fingerprint density at radius 2 is 1.54 bits per heavy atom. The molecule has 7 nitrogen and oxygen atoms in total. The molecule has 184 valence electrons. The van der Waals surface area contributed by atoms with Crippen molar-refractivity contribution in [1.82, 2.24) is 10.2 Å². The molecule has 2 amide bonds. The van der Waals surface area contributed by atoms with Crippen molar-refractivity contribution in [2.75, 3.05) is 17.9 Å². The van der Waals surface area contributed by atoms with Crippen LogP contribution >= 0.6 is 0 Å². The molecule has 0 unspecified atom stereocenters. The Balaban J connectivity index is 2.00. The molecule has 0 aromatic heterocycles. The zero-order valence-electron chi connectivity index (χ0n) is 19.8. The smallest absolute Gasteiger partial charge is 0.264 e. The first-order valence-corrected chi connectivity index (χ1v) is 12.5. The van der Waals surface area contributed by atoms with Gasteiger partial charge in [-0.3, -0.25) is 13.9 Å². The molecule has 0 saturated carbocycles. The van der Waals surface area contributed by atoms with E-state index in [0.29, 0.717) is 11.3 Å². The molecule has 1 atom stereocenters. The number of likely N-dealkylation sites (N-methyl/N-ethyl adjacent to an activating group) is 1. The van der Waals surface area contributed by atoms with Gasteiger partial charge in [-0.2, -0.15) is 0 Å². The second kappa shape index (κ2) is 11.1. The van der Waals surface area contributed by atoms with Crippen LogP contribution in [0.1, 0.15) is 18.1 Å². The lowest BCUT2D eigenvalue weighted by atomic mass is 10.1. The molecule has 0 heterocycles.